The molecule has 27 heavy (non-hydrogen) atoms. The first-order valence-corrected chi connectivity index (χ1v) is 10.2. The van der Waals surface area contributed by atoms with Crippen LogP contribution in [0.5, 0.6) is 0 Å². The third-order valence-electron chi connectivity index (χ3n) is 5.27. The summed E-state index contributed by atoms with van der Waals surface area (Å²) in [5, 5.41) is 3.16. The molecule has 1 aliphatic carbocycles. The number of anilines is 2. The van der Waals surface area contributed by atoms with Gasteiger partial charge in [-0.05, 0) is 56.7 Å². The van der Waals surface area contributed by atoms with E-state index in [4.69, 9.17) is 4.84 Å². The number of nitrogens with one attached hydrogen (secondary N) is 2. The number of fused-ring (bicyclic) bond motifs is 1. The zero-order valence-electron chi connectivity index (χ0n) is 15.3. The first-order chi connectivity index (χ1) is 13.0. The van der Waals surface area contributed by atoms with Crippen molar-refractivity contribution < 1.29 is 9.23 Å². The molecule has 4 rings (SSSR count). The maximum absolute atomic E-state index is 14.4. The molecule has 0 unspecified atom stereocenters. The molecule has 1 aromatic heterocycles. The van der Waals surface area contributed by atoms with Gasteiger partial charge in [0.15, 0.2) is 0 Å². The van der Waals surface area contributed by atoms with Crippen molar-refractivity contribution >= 4 is 27.3 Å². The van der Waals surface area contributed by atoms with Crippen LogP contribution < -0.4 is 16.4 Å². The molecule has 7 heteroatoms. The van der Waals surface area contributed by atoms with Crippen LogP contribution in [0.4, 0.5) is 15.8 Å². The Morgan fingerprint density at radius 2 is 2.19 bits per heavy atom. The lowest BCUT2D eigenvalue weighted by molar-refractivity contribution is 0.0293. The Hall–Kier alpha value is -1.70. The van der Waals surface area contributed by atoms with Crippen molar-refractivity contribution in [2.75, 3.05) is 11.9 Å². The Balaban J connectivity index is 1.67. The molecule has 1 aliphatic heterocycles. The molecule has 1 saturated carbocycles. The summed E-state index contributed by atoms with van der Waals surface area (Å²) < 4.78 is 16.9. The Bertz CT molecular complexity index is 924. The minimum Gasteiger partial charge on any atom is -0.352 e. The van der Waals surface area contributed by atoms with Crippen LogP contribution in [0, 0.1) is 18.7 Å². The van der Waals surface area contributed by atoms with E-state index < -0.39 is 0 Å². The Kier molecular flexibility index (Phi) is 5.34. The van der Waals surface area contributed by atoms with Gasteiger partial charge in [0, 0.05) is 34.4 Å². The first-order valence-electron chi connectivity index (χ1n) is 9.36. The Morgan fingerprint density at radius 3 is 2.93 bits per heavy atom. The summed E-state index contributed by atoms with van der Waals surface area (Å²) in [5.74, 6) is 0.297. The van der Waals surface area contributed by atoms with Crippen LogP contribution in [-0.2, 0) is 24.3 Å². The number of halogens is 2. The van der Waals surface area contributed by atoms with Crippen molar-refractivity contribution in [1.82, 2.24) is 10.0 Å². The number of hydroxylamine groups is 1. The molecule has 1 aromatic carbocycles. The van der Waals surface area contributed by atoms with Gasteiger partial charge in [0.1, 0.15) is 5.82 Å². The quantitative estimate of drug-likeness (QED) is 0.505. The number of nitrogens with zero attached hydrogens (tertiary/aromatic N) is 1. The maximum Gasteiger partial charge on any atom is 0.255 e. The van der Waals surface area contributed by atoms with E-state index in [9.17, 15) is 9.18 Å². The molecule has 1 fully saturated rings. The van der Waals surface area contributed by atoms with Crippen molar-refractivity contribution in [1.29, 1.82) is 0 Å². The predicted octanol–water partition coefficient (Wildman–Crippen LogP) is 4.18. The van der Waals surface area contributed by atoms with E-state index in [0.29, 0.717) is 40.5 Å². The van der Waals surface area contributed by atoms with E-state index in [-0.39, 0.29) is 11.4 Å². The SMILES string of the molecule is Cc1c(Nc2ccc(Br)cc2F)c(CNOCC2CC2)c2n(c1=O)CCC2. The van der Waals surface area contributed by atoms with E-state index in [2.05, 4.69) is 26.7 Å². The molecule has 0 amide bonds. The summed E-state index contributed by atoms with van der Waals surface area (Å²) in [6.45, 7) is 3.71. The van der Waals surface area contributed by atoms with Crippen molar-refractivity contribution in [3.63, 3.8) is 0 Å². The first kappa shape index (κ1) is 18.7. The van der Waals surface area contributed by atoms with Gasteiger partial charge in [-0.1, -0.05) is 15.9 Å². The van der Waals surface area contributed by atoms with Crippen LogP contribution in [0.25, 0.3) is 0 Å². The van der Waals surface area contributed by atoms with Gasteiger partial charge < -0.3 is 14.7 Å². The van der Waals surface area contributed by atoms with Gasteiger partial charge >= 0.3 is 0 Å². The summed E-state index contributed by atoms with van der Waals surface area (Å²) in [6, 6.07) is 4.86. The topological polar surface area (TPSA) is 55.3 Å². The smallest absolute Gasteiger partial charge is 0.255 e. The van der Waals surface area contributed by atoms with Gasteiger partial charge in [0.05, 0.1) is 18.0 Å². The average molecular weight is 436 g/mol. The summed E-state index contributed by atoms with van der Waals surface area (Å²) in [6.07, 6.45) is 4.24. The molecule has 0 radical (unpaired) electrons. The molecule has 144 valence electrons. The molecule has 2 heterocycles. The minimum absolute atomic E-state index is 0.00910. The van der Waals surface area contributed by atoms with E-state index in [0.717, 1.165) is 30.6 Å². The standard InChI is InChI=1S/C20H23BrFN3O2/c1-12-19(24-17-7-6-14(21)9-16(17)22)15(10-23-27-11-13-4-5-13)18-3-2-8-25(18)20(12)26/h6-7,9,13,23-24H,2-5,8,10-11H2,1H3. The Labute approximate surface area is 166 Å². The highest BCUT2D eigenvalue weighted by atomic mass is 79.9. The number of hydrogen-bond donors (Lipinski definition) is 2. The van der Waals surface area contributed by atoms with Crippen LogP contribution in [-0.4, -0.2) is 11.2 Å². The average Bonchev–Trinajstić information content (AvgIpc) is 3.34. The second-order valence-electron chi connectivity index (χ2n) is 7.31. The summed E-state index contributed by atoms with van der Waals surface area (Å²) in [4.78, 5) is 18.4. The highest BCUT2D eigenvalue weighted by Gasteiger charge is 2.24. The van der Waals surface area contributed by atoms with Gasteiger partial charge in [0.2, 0.25) is 0 Å². The molecule has 0 saturated heterocycles. The number of benzene rings is 1. The van der Waals surface area contributed by atoms with Gasteiger partial charge in [-0.25, -0.2) is 4.39 Å². The van der Waals surface area contributed by atoms with Gasteiger partial charge in [0.25, 0.3) is 5.56 Å². The van der Waals surface area contributed by atoms with Gasteiger partial charge in [-0.3, -0.25) is 4.79 Å². The number of hydrogen-bond acceptors (Lipinski definition) is 4. The Morgan fingerprint density at radius 1 is 1.37 bits per heavy atom. The van der Waals surface area contributed by atoms with Gasteiger partial charge in [-0.15, -0.1) is 0 Å². The third-order valence-corrected chi connectivity index (χ3v) is 5.76. The molecule has 5 nitrogen and oxygen atoms in total. The molecule has 2 aromatic rings. The normalized spacial score (nSPS) is 15.8. The van der Waals surface area contributed by atoms with Crippen molar-refractivity contribution in [3.8, 4) is 0 Å². The summed E-state index contributed by atoms with van der Waals surface area (Å²) in [5.41, 5.74) is 6.64. The fourth-order valence-corrected chi connectivity index (χ4v) is 3.90. The van der Waals surface area contributed by atoms with E-state index in [1.165, 1.54) is 18.9 Å². The summed E-state index contributed by atoms with van der Waals surface area (Å²) >= 11 is 3.27. The second kappa shape index (κ2) is 7.73. The van der Waals surface area contributed by atoms with Crippen LogP contribution >= 0.6 is 15.9 Å². The molecule has 2 N–H and O–H groups in total. The van der Waals surface area contributed by atoms with Gasteiger partial charge in [-0.2, -0.15) is 5.48 Å². The van der Waals surface area contributed by atoms with Crippen LogP contribution in [0.2, 0.25) is 0 Å². The minimum atomic E-state index is -0.367. The van der Waals surface area contributed by atoms with Crippen molar-refractivity contribution in [2.24, 2.45) is 5.92 Å². The zero-order chi connectivity index (χ0) is 19.0. The molecule has 0 spiro atoms. The second-order valence-corrected chi connectivity index (χ2v) is 8.23. The predicted molar refractivity (Wildman–Crippen MR) is 107 cm³/mol. The molecule has 0 atom stereocenters. The lowest BCUT2D eigenvalue weighted by Gasteiger charge is -2.20. The van der Waals surface area contributed by atoms with Crippen LogP contribution in [0.1, 0.15) is 36.1 Å². The van der Waals surface area contributed by atoms with Crippen LogP contribution in [0.15, 0.2) is 27.5 Å². The number of pyridine rings is 1. The zero-order valence-corrected chi connectivity index (χ0v) is 16.9. The highest BCUT2D eigenvalue weighted by molar-refractivity contribution is 9.10. The lowest BCUT2D eigenvalue weighted by atomic mass is 10.1. The lowest BCUT2D eigenvalue weighted by Crippen LogP contribution is -2.27. The number of aromatic nitrogens is 1. The van der Waals surface area contributed by atoms with Crippen molar-refractivity contribution in [3.05, 3.63) is 55.7 Å². The number of rotatable bonds is 7. The fraction of sp³-hybridized carbons (Fsp3) is 0.450. The molecular weight excluding hydrogens is 413 g/mol. The van der Waals surface area contributed by atoms with E-state index >= 15 is 0 Å². The monoisotopic (exact) mass is 435 g/mol. The molecule has 0 bridgehead atoms. The van der Waals surface area contributed by atoms with Crippen LogP contribution in [0.3, 0.4) is 0 Å². The van der Waals surface area contributed by atoms with E-state index in [1.807, 2.05) is 4.57 Å². The van der Waals surface area contributed by atoms with E-state index in [1.54, 1.807) is 19.1 Å². The molecule has 2 aliphatic rings. The maximum atomic E-state index is 14.4. The summed E-state index contributed by atoms with van der Waals surface area (Å²) in [7, 11) is 0. The highest BCUT2D eigenvalue weighted by Crippen LogP contribution is 2.31. The fourth-order valence-electron chi connectivity index (χ4n) is 3.56. The largest absolute Gasteiger partial charge is 0.352 e. The van der Waals surface area contributed by atoms with Crippen molar-refractivity contribution in [2.45, 2.75) is 45.7 Å². The molecular formula is C20H23BrFN3O2. The third kappa shape index (κ3) is 3.95.